The van der Waals surface area contributed by atoms with Gasteiger partial charge in [-0.15, -0.1) is 10.2 Å². The maximum absolute atomic E-state index is 5.64. The van der Waals surface area contributed by atoms with Crippen molar-refractivity contribution in [3.63, 3.8) is 0 Å². The zero-order valence-electron chi connectivity index (χ0n) is 11.9. The fourth-order valence-corrected chi connectivity index (χ4v) is 3.31. The molecule has 1 aliphatic heterocycles. The summed E-state index contributed by atoms with van der Waals surface area (Å²) in [5.74, 6) is 1.87. The van der Waals surface area contributed by atoms with Crippen LogP contribution in [0, 0.1) is 6.92 Å². The molecule has 4 nitrogen and oxygen atoms in total. The summed E-state index contributed by atoms with van der Waals surface area (Å²) in [6.07, 6.45) is 2.72. The minimum Gasteiger partial charge on any atom is -0.377 e. The van der Waals surface area contributed by atoms with E-state index in [1.807, 2.05) is 7.05 Å². The molecule has 1 fully saturated rings. The van der Waals surface area contributed by atoms with Gasteiger partial charge in [-0.3, -0.25) is 0 Å². The Labute approximate surface area is 123 Å². The van der Waals surface area contributed by atoms with Gasteiger partial charge in [0.15, 0.2) is 11.0 Å². The van der Waals surface area contributed by atoms with E-state index in [0.29, 0.717) is 6.10 Å². The van der Waals surface area contributed by atoms with Gasteiger partial charge in [-0.05, 0) is 19.8 Å². The highest BCUT2D eigenvalue weighted by molar-refractivity contribution is 7.99. The number of aromatic nitrogens is 3. The van der Waals surface area contributed by atoms with Crippen LogP contribution in [0.15, 0.2) is 29.4 Å². The average Bonchev–Trinajstić information content (AvgIpc) is 3.08. The molecule has 0 spiro atoms. The van der Waals surface area contributed by atoms with E-state index >= 15 is 0 Å². The van der Waals surface area contributed by atoms with Gasteiger partial charge < -0.3 is 9.30 Å². The lowest BCUT2D eigenvalue weighted by atomic mass is 10.1. The third-order valence-corrected chi connectivity index (χ3v) is 4.72. The Morgan fingerprint density at radius 2 is 2.10 bits per heavy atom. The topological polar surface area (TPSA) is 39.9 Å². The van der Waals surface area contributed by atoms with Crippen molar-refractivity contribution in [1.29, 1.82) is 0 Å². The summed E-state index contributed by atoms with van der Waals surface area (Å²) in [5, 5.41) is 9.56. The number of ether oxygens (including phenoxy) is 1. The fraction of sp³-hybridized carbons (Fsp3) is 0.467. The second-order valence-corrected chi connectivity index (χ2v) is 6.16. The normalized spacial score (nSPS) is 18.6. The molecular weight excluding hydrogens is 270 g/mol. The lowest BCUT2D eigenvalue weighted by Crippen LogP contribution is -2.08. The maximum atomic E-state index is 5.64. The van der Waals surface area contributed by atoms with Gasteiger partial charge in [0.25, 0.3) is 0 Å². The van der Waals surface area contributed by atoms with E-state index < -0.39 is 0 Å². The van der Waals surface area contributed by atoms with Crippen molar-refractivity contribution in [3.8, 4) is 11.4 Å². The summed E-state index contributed by atoms with van der Waals surface area (Å²) < 4.78 is 7.70. The quantitative estimate of drug-likeness (QED) is 0.811. The number of benzene rings is 1. The average molecular weight is 289 g/mol. The smallest absolute Gasteiger partial charge is 0.191 e. The standard InChI is InChI=1S/C15H19N3OS/c1-11-5-7-12(8-6-11)14-16-17-15(18(14)2)20-10-13-4-3-9-19-13/h5-8,13H,3-4,9-10H2,1-2H3. The zero-order valence-corrected chi connectivity index (χ0v) is 12.7. The second kappa shape index (κ2) is 5.97. The van der Waals surface area contributed by atoms with Crippen LogP contribution in [0.1, 0.15) is 18.4 Å². The molecule has 0 aliphatic carbocycles. The van der Waals surface area contributed by atoms with Crippen LogP contribution in [-0.4, -0.2) is 33.2 Å². The number of rotatable bonds is 4. The molecule has 1 aromatic carbocycles. The first-order valence-electron chi connectivity index (χ1n) is 6.95. The minimum absolute atomic E-state index is 0.375. The summed E-state index contributed by atoms with van der Waals surface area (Å²) in [7, 11) is 2.02. The van der Waals surface area contributed by atoms with E-state index in [1.54, 1.807) is 11.8 Å². The highest BCUT2D eigenvalue weighted by Gasteiger charge is 2.18. The monoisotopic (exact) mass is 289 g/mol. The van der Waals surface area contributed by atoms with E-state index in [9.17, 15) is 0 Å². The SMILES string of the molecule is Cc1ccc(-c2nnc(SCC3CCCO3)n2C)cc1. The predicted molar refractivity (Wildman–Crippen MR) is 80.9 cm³/mol. The molecule has 0 saturated carbocycles. The molecule has 2 heterocycles. The van der Waals surface area contributed by atoms with Crippen LogP contribution in [0.5, 0.6) is 0 Å². The number of aryl methyl sites for hydroxylation is 1. The molecule has 1 aliphatic rings. The number of hydrogen-bond donors (Lipinski definition) is 0. The van der Waals surface area contributed by atoms with Crippen molar-refractivity contribution >= 4 is 11.8 Å². The van der Waals surface area contributed by atoms with Gasteiger partial charge in [0.05, 0.1) is 6.10 Å². The van der Waals surface area contributed by atoms with Crippen molar-refractivity contribution in [1.82, 2.24) is 14.8 Å². The number of hydrogen-bond acceptors (Lipinski definition) is 4. The van der Waals surface area contributed by atoms with Crippen molar-refractivity contribution in [2.75, 3.05) is 12.4 Å². The highest BCUT2D eigenvalue weighted by Crippen LogP contribution is 2.25. The van der Waals surface area contributed by atoms with Gasteiger partial charge in [-0.25, -0.2) is 0 Å². The largest absolute Gasteiger partial charge is 0.377 e. The summed E-state index contributed by atoms with van der Waals surface area (Å²) in [6.45, 7) is 2.99. The van der Waals surface area contributed by atoms with Gasteiger partial charge in [0, 0.05) is 25.0 Å². The Balaban J connectivity index is 1.72. The van der Waals surface area contributed by atoms with Crippen LogP contribution in [0.3, 0.4) is 0 Å². The van der Waals surface area contributed by atoms with Crippen LogP contribution in [0.4, 0.5) is 0 Å². The summed E-state index contributed by atoms with van der Waals surface area (Å²) in [4.78, 5) is 0. The van der Waals surface area contributed by atoms with E-state index in [-0.39, 0.29) is 0 Å². The van der Waals surface area contributed by atoms with Crippen LogP contribution < -0.4 is 0 Å². The molecule has 3 rings (SSSR count). The Morgan fingerprint density at radius 1 is 1.30 bits per heavy atom. The van der Waals surface area contributed by atoms with Crippen molar-refractivity contribution in [2.45, 2.75) is 31.0 Å². The Hall–Kier alpha value is -1.33. The van der Waals surface area contributed by atoms with Crippen LogP contribution >= 0.6 is 11.8 Å². The summed E-state index contributed by atoms with van der Waals surface area (Å²) in [5.41, 5.74) is 2.36. The molecule has 0 bridgehead atoms. The van der Waals surface area contributed by atoms with Crippen molar-refractivity contribution < 1.29 is 4.74 Å². The Bertz CT molecular complexity index is 573. The van der Waals surface area contributed by atoms with Gasteiger partial charge in [-0.2, -0.15) is 0 Å². The molecule has 2 aromatic rings. The predicted octanol–water partition coefficient (Wildman–Crippen LogP) is 3.06. The third-order valence-electron chi connectivity index (χ3n) is 3.57. The minimum atomic E-state index is 0.375. The van der Waals surface area contributed by atoms with E-state index in [2.05, 4.69) is 46.0 Å². The first-order chi connectivity index (χ1) is 9.74. The van der Waals surface area contributed by atoms with Gasteiger partial charge >= 0.3 is 0 Å². The summed E-state index contributed by atoms with van der Waals surface area (Å²) >= 11 is 1.73. The molecule has 0 N–H and O–H groups in total. The third kappa shape index (κ3) is 2.88. The second-order valence-electron chi connectivity index (χ2n) is 5.18. The van der Waals surface area contributed by atoms with Gasteiger partial charge in [-0.1, -0.05) is 41.6 Å². The molecule has 1 aromatic heterocycles. The lowest BCUT2D eigenvalue weighted by Gasteiger charge is -2.08. The van der Waals surface area contributed by atoms with Crippen LogP contribution in [0.2, 0.25) is 0 Å². The highest BCUT2D eigenvalue weighted by atomic mass is 32.2. The van der Waals surface area contributed by atoms with Crippen molar-refractivity contribution in [3.05, 3.63) is 29.8 Å². The first kappa shape index (κ1) is 13.6. The van der Waals surface area contributed by atoms with Gasteiger partial charge in [0.2, 0.25) is 0 Å². The molecule has 1 atom stereocenters. The Morgan fingerprint density at radius 3 is 2.80 bits per heavy atom. The van der Waals surface area contributed by atoms with E-state index in [4.69, 9.17) is 4.74 Å². The molecular formula is C15H19N3OS. The Kier molecular flexibility index (Phi) is 4.08. The fourth-order valence-electron chi connectivity index (χ4n) is 2.34. The van der Waals surface area contributed by atoms with Crippen LogP contribution in [-0.2, 0) is 11.8 Å². The number of thioether (sulfide) groups is 1. The molecule has 5 heteroatoms. The molecule has 20 heavy (non-hydrogen) atoms. The summed E-state index contributed by atoms with van der Waals surface area (Å²) in [6, 6.07) is 8.38. The first-order valence-corrected chi connectivity index (χ1v) is 7.93. The molecule has 1 saturated heterocycles. The number of nitrogens with zero attached hydrogens (tertiary/aromatic N) is 3. The van der Waals surface area contributed by atoms with E-state index in [0.717, 1.165) is 35.3 Å². The van der Waals surface area contributed by atoms with Gasteiger partial charge in [0.1, 0.15) is 0 Å². The molecule has 106 valence electrons. The zero-order chi connectivity index (χ0) is 13.9. The van der Waals surface area contributed by atoms with Crippen molar-refractivity contribution in [2.24, 2.45) is 7.05 Å². The van der Waals surface area contributed by atoms with Crippen LogP contribution in [0.25, 0.3) is 11.4 Å². The molecule has 0 radical (unpaired) electrons. The maximum Gasteiger partial charge on any atom is 0.191 e. The molecule has 1 unspecified atom stereocenters. The molecule has 0 amide bonds. The van der Waals surface area contributed by atoms with E-state index in [1.165, 1.54) is 12.0 Å². The lowest BCUT2D eigenvalue weighted by molar-refractivity contribution is 0.129.